The average Bonchev–Trinajstić information content (AvgIpc) is 2.36. The van der Waals surface area contributed by atoms with Crippen molar-refractivity contribution in [2.24, 2.45) is 5.92 Å². The van der Waals surface area contributed by atoms with Crippen LogP contribution in [0.1, 0.15) is 13.8 Å². The molecule has 0 saturated heterocycles. The third-order valence-corrected chi connectivity index (χ3v) is 2.90. The summed E-state index contributed by atoms with van der Waals surface area (Å²) in [6.07, 6.45) is 0. The van der Waals surface area contributed by atoms with Gasteiger partial charge in [0.1, 0.15) is 0 Å². The van der Waals surface area contributed by atoms with Gasteiger partial charge in [0.05, 0.1) is 38.2 Å². The molecule has 0 heterocycles. The van der Waals surface area contributed by atoms with Gasteiger partial charge < -0.3 is 25.6 Å². The second-order valence-corrected chi connectivity index (χ2v) is 4.47. The lowest BCUT2D eigenvalue weighted by Crippen LogP contribution is -2.29. The summed E-state index contributed by atoms with van der Waals surface area (Å²) < 4.78 is 10.4. The number of nitrogens with one attached hydrogen (secondary N) is 1. The Morgan fingerprint density at radius 3 is 2.22 bits per heavy atom. The van der Waals surface area contributed by atoms with E-state index in [9.17, 15) is 5.11 Å². The predicted molar refractivity (Wildman–Crippen MR) is 73.3 cm³/mol. The zero-order valence-corrected chi connectivity index (χ0v) is 11.4. The molecule has 0 saturated carbocycles. The summed E-state index contributed by atoms with van der Waals surface area (Å²) >= 11 is 0. The number of hydrogen-bond acceptors (Lipinski definition) is 5. The number of hydrogen-bond donors (Lipinski definition) is 3. The van der Waals surface area contributed by atoms with Gasteiger partial charge in [0.25, 0.3) is 0 Å². The Hall–Kier alpha value is -1.62. The molecule has 0 spiro atoms. The Morgan fingerprint density at radius 2 is 1.78 bits per heavy atom. The van der Waals surface area contributed by atoms with Crippen molar-refractivity contribution < 1.29 is 14.6 Å². The van der Waals surface area contributed by atoms with Crippen molar-refractivity contribution in [1.82, 2.24) is 0 Å². The monoisotopic (exact) mass is 254 g/mol. The van der Waals surface area contributed by atoms with Gasteiger partial charge in [-0.25, -0.2) is 0 Å². The molecule has 1 atom stereocenters. The second kappa shape index (κ2) is 6.35. The Labute approximate surface area is 108 Å². The third kappa shape index (κ3) is 3.20. The van der Waals surface area contributed by atoms with E-state index in [2.05, 4.69) is 5.32 Å². The van der Waals surface area contributed by atoms with E-state index in [1.807, 2.05) is 13.8 Å². The molecule has 0 aliphatic rings. The predicted octanol–water partition coefficient (Wildman–Crippen LogP) is 1.71. The number of aliphatic hydroxyl groups excluding tert-OH is 1. The summed E-state index contributed by atoms with van der Waals surface area (Å²) in [5.41, 5.74) is 7.24. The Balaban J connectivity index is 3.02. The van der Waals surface area contributed by atoms with Crippen LogP contribution in [-0.2, 0) is 0 Å². The van der Waals surface area contributed by atoms with E-state index in [4.69, 9.17) is 15.2 Å². The van der Waals surface area contributed by atoms with E-state index in [-0.39, 0.29) is 12.6 Å². The number of benzene rings is 1. The van der Waals surface area contributed by atoms with Gasteiger partial charge in [0.15, 0.2) is 11.5 Å². The number of nitrogens with two attached hydrogens (primary N) is 1. The molecule has 0 aliphatic carbocycles. The van der Waals surface area contributed by atoms with Crippen LogP contribution in [0.25, 0.3) is 0 Å². The molecule has 0 aromatic heterocycles. The van der Waals surface area contributed by atoms with Crippen LogP contribution in [-0.4, -0.2) is 32.0 Å². The maximum absolute atomic E-state index is 9.32. The highest BCUT2D eigenvalue weighted by Gasteiger charge is 2.15. The molecule has 18 heavy (non-hydrogen) atoms. The lowest BCUT2D eigenvalue weighted by Gasteiger charge is -2.23. The Morgan fingerprint density at radius 1 is 1.22 bits per heavy atom. The molecule has 0 amide bonds. The fourth-order valence-electron chi connectivity index (χ4n) is 1.64. The second-order valence-electron chi connectivity index (χ2n) is 4.47. The molecule has 1 rings (SSSR count). The summed E-state index contributed by atoms with van der Waals surface area (Å²) in [6, 6.07) is 3.43. The van der Waals surface area contributed by atoms with Crippen LogP contribution in [0.3, 0.4) is 0 Å². The van der Waals surface area contributed by atoms with Crippen LogP contribution in [0.5, 0.6) is 11.5 Å². The number of aliphatic hydroxyl groups is 1. The highest BCUT2D eigenvalue weighted by Crippen LogP contribution is 2.35. The van der Waals surface area contributed by atoms with E-state index in [0.717, 1.165) is 5.69 Å². The van der Waals surface area contributed by atoms with E-state index in [1.54, 1.807) is 26.4 Å². The zero-order chi connectivity index (χ0) is 13.7. The van der Waals surface area contributed by atoms with Crippen molar-refractivity contribution in [1.29, 1.82) is 0 Å². The van der Waals surface area contributed by atoms with E-state index >= 15 is 0 Å². The fourth-order valence-corrected chi connectivity index (χ4v) is 1.64. The van der Waals surface area contributed by atoms with Gasteiger partial charge in [-0.15, -0.1) is 0 Å². The lowest BCUT2D eigenvalue weighted by atomic mass is 10.0. The first-order valence-corrected chi connectivity index (χ1v) is 5.92. The van der Waals surface area contributed by atoms with Crippen LogP contribution in [0.15, 0.2) is 12.1 Å². The van der Waals surface area contributed by atoms with E-state index in [0.29, 0.717) is 23.1 Å². The van der Waals surface area contributed by atoms with Crippen LogP contribution in [0.2, 0.25) is 0 Å². The van der Waals surface area contributed by atoms with Crippen molar-refractivity contribution in [2.45, 2.75) is 19.9 Å². The van der Waals surface area contributed by atoms with Crippen molar-refractivity contribution >= 4 is 11.4 Å². The molecule has 0 radical (unpaired) electrons. The molecule has 4 N–H and O–H groups in total. The van der Waals surface area contributed by atoms with Crippen molar-refractivity contribution in [3.05, 3.63) is 12.1 Å². The number of nitrogen functional groups attached to an aromatic ring is 1. The topological polar surface area (TPSA) is 76.7 Å². The quantitative estimate of drug-likeness (QED) is 0.674. The molecular weight excluding hydrogens is 232 g/mol. The van der Waals surface area contributed by atoms with Gasteiger partial charge >= 0.3 is 0 Å². The maximum Gasteiger partial charge on any atom is 0.162 e. The first-order valence-electron chi connectivity index (χ1n) is 5.92. The summed E-state index contributed by atoms with van der Waals surface area (Å²) in [5.74, 6) is 1.49. The zero-order valence-electron chi connectivity index (χ0n) is 11.4. The van der Waals surface area contributed by atoms with E-state index in [1.165, 1.54) is 0 Å². The smallest absolute Gasteiger partial charge is 0.162 e. The van der Waals surface area contributed by atoms with Gasteiger partial charge in [-0.05, 0) is 5.92 Å². The number of ether oxygens (including phenoxy) is 2. The Bertz CT molecular complexity index is 394. The summed E-state index contributed by atoms with van der Waals surface area (Å²) in [6.45, 7) is 4.11. The van der Waals surface area contributed by atoms with Crippen LogP contribution >= 0.6 is 0 Å². The normalized spacial score (nSPS) is 12.3. The van der Waals surface area contributed by atoms with Crippen molar-refractivity contribution in [3.63, 3.8) is 0 Å². The first-order chi connectivity index (χ1) is 8.53. The molecule has 0 bridgehead atoms. The van der Waals surface area contributed by atoms with Crippen molar-refractivity contribution in [3.8, 4) is 11.5 Å². The Kier molecular flexibility index (Phi) is 5.09. The molecular formula is C13H22N2O3. The fraction of sp³-hybridized carbons (Fsp3) is 0.538. The molecule has 5 heteroatoms. The number of rotatable bonds is 6. The number of anilines is 2. The van der Waals surface area contributed by atoms with Gasteiger partial charge in [-0.2, -0.15) is 0 Å². The highest BCUT2D eigenvalue weighted by molar-refractivity contribution is 5.72. The number of methoxy groups -OCH3 is 2. The van der Waals surface area contributed by atoms with Crippen molar-refractivity contribution in [2.75, 3.05) is 31.9 Å². The van der Waals surface area contributed by atoms with Gasteiger partial charge in [-0.3, -0.25) is 0 Å². The van der Waals surface area contributed by atoms with Gasteiger partial charge in [-0.1, -0.05) is 13.8 Å². The standard InChI is InChI=1S/C13H22N2O3/c1-8(2)11(7-16)15-10-6-13(18-4)12(17-3)5-9(10)14/h5-6,8,11,15-16H,7,14H2,1-4H3/t11-/m1/s1. The molecule has 0 unspecified atom stereocenters. The molecule has 5 nitrogen and oxygen atoms in total. The SMILES string of the molecule is COc1cc(N)c(N[C@H](CO)C(C)C)cc1OC. The summed E-state index contributed by atoms with van der Waals surface area (Å²) in [7, 11) is 3.14. The molecule has 0 fully saturated rings. The van der Waals surface area contributed by atoms with E-state index < -0.39 is 0 Å². The summed E-state index contributed by atoms with van der Waals surface area (Å²) in [4.78, 5) is 0. The van der Waals surface area contributed by atoms with Crippen LogP contribution in [0, 0.1) is 5.92 Å². The minimum Gasteiger partial charge on any atom is -0.493 e. The first kappa shape index (κ1) is 14.4. The summed E-state index contributed by atoms with van der Waals surface area (Å²) in [5, 5.41) is 12.5. The van der Waals surface area contributed by atoms with Crippen LogP contribution in [0.4, 0.5) is 11.4 Å². The third-order valence-electron chi connectivity index (χ3n) is 2.90. The van der Waals surface area contributed by atoms with Gasteiger partial charge in [0, 0.05) is 12.1 Å². The minimum atomic E-state index is -0.0506. The molecule has 1 aromatic carbocycles. The highest BCUT2D eigenvalue weighted by atomic mass is 16.5. The van der Waals surface area contributed by atoms with Gasteiger partial charge in [0.2, 0.25) is 0 Å². The molecule has 0 aliphatic heterocycles. The molecule has 1 aromatic rings. The molecule has 102 valence electrons. The minimum absolute atomic E-state index is 0.0471. The maximum atomic E-state index is 9.32. The van der Waals surface area contributed by atoms with Crippen LogP contribution < -0.4 is 20.5 Å². The largest absolute Gasteiger partial charge is 0.493 e. The average molecular weight is 254 g/mol. The lowest BCUT2D eigenvalue weighted by molar-refractivity contribution is 0.249.